The number of anilines is 1. The summed E-state index contributed by atoms with van der Waals surface area (Å²) in [4.78, 5) is 2.48. The standard InChI is InChI=1S/C15H24N2/c1-4-9-15(3,16)11-17-12(2)10-13-7-5-6-8-14(13)17/h5-8,12H,4,9-11,16H2,1-3H3. The topological polar surface area (TPSA) is 29.3 Å². The van der Waals surface area contributed by atoms with Gasteiger partial charge in [-0.25, -0.2) is 0 Å². The third kappa shape index (κ3) is 2.63. The molecule has 0 bridgehead atoms. The van der Waals surface area contributed by atoms with E-state index in [1.54, 1.807) is 0 Å². The van der Waals surface area contributed by atoms with E-state index in [2.05, 4.69) is 49.9 Å². The number of para-hydroxylation sites is 1. The third-order valence-corrected chi connectivity index (χ3v) is 3.70. The van der Waals surface area contributed by atoms with Crippen molar-refractivity contribution in [3.63, 3.8) is 0 Å². The lowest BCUT2D eigenvalue weighted by molar-refractivity contribution is 0.413. The molecule has 17 heavy (non-hydrogen) atoms. The van der Waals surface area contributed by atoms with E-state index in [0.717, 1.165) is 25.8 Å². The molecule has 94 valence electrons. The molecule has 2 N–H and O–H groups in total. The molecular formula is C15H24N2. The molecule has 1 aromatic rings. The van der Waals surface area contributed by atoms with E-state index >= 15 is 0 Å². The molecule has 1 heterocycles. The summed E-state index contributed by atoms with van der Waals surface area (Å²) in [5.74, 6) is 0. The van der Waals surface area contributed by atoms with Gasteiger partial charge in [-0.3, -0.25) is 0 Å². The molecule has 0 amide bonds. The summed E-state index contributed by atoms with van der Waals surface area (Å²) in [6.07, 6.45) is 3.38. The van der Waals surface area contributed by atoms with Crippen LogP contribution in [0.4, 0.5) is 5.69 Å². The average Bonchev–Trinajstić information content (AvgIpc) is 2.55. The van der Waals surface area contributed by atoms with Gasteiger partial charge in [-0.2, -0.15) is 0 Å². The van der Waals surface area contributed by atoms with Crippen LogP contribution in [0.2, 0.25) is 0 Å². The highest BCUT2D eigenvalue weighted by atomic mass is 15.2. The van der Waals surface area contributed by atoms with Gasteiger partial charge in [0, 0.05) is 23.8 Å². The quantitative estimate of drug-likeness (QED) is 0.865. The van der Waals surface area contributed by atoms with Crippen molar-refractivity contribution >= 4 is 5.69 Å². The van der Waals surface area contributed by atoms with E-state index in [9.17, 15) is 0 Å². The maximum absolute atomic E-state index is 6.38. The Morgan fingerprint density at radius 3 is 2.82 bits per heavy atom. The molecule has 0 radical (unpaired) electrons. The summed E-state index contributed by atoms with van der Waals surface area (Å²) in [6.45, 7) is 7.62. The van der Waals surface area contributed by atoms with Crippen LogP contribution in [0.3, 0.4) is 0 Å². The average molecular weight is 232 g/mol. The molecule has 1 aromatic carbocycles. The van der Waals surface area contributed by atoms with Crippen molar-refractivity contribution in [1.82, 2.24) is 0 Å². The maximum Gasteiger partial charge on any atom is 0.0402 e. The van der Waals surface area contributed by atoms with Crippen LogP contribution < -0.4 is 10.6 Å². The second kappa shape index (κ2) is 4.69. The minimum absolute atomic E-state index is 0.0829. The van der Waals surface area contributed by atoms with Crippen molar-refractivity contribution in [3.05, 3.63) is 29.8 Å². The van der Waals surface area contributed by atoms with Gasteiger partial charge in [0.1, 0.15) is 0 Å². The van der Waals surface area contributed by atoms with Crippen LogP contribution in [0.5, 0.6) is 0 Å². The Bertz CT molecular complexity index is 384. The summed E-state index contributed by atoms with van der Waals surface area (Å²) >= 11 is 0. The Hall–Kier alpha value is -1.02. The minimum atomic E-state index is -0.0829. The summed E-state index contributed by atoms with van der Waals surface area (Å²) in [5, 5.41) is 0. The summed E-state index contributed by atoms with van der Waals surface area (Å²) in [7, 11) is 0. The Kier molecular flexibility index (Phi) is 3.43. The minimum Gasteiger partial charge on any atom is -0.366 e. The molecule has 2 unspecified atom stereocenters. The van der Waals surface area contributed by atoms with Crippen LogP contribution >= 0.6 is 0 Å². The van der Waals surface area contributed by atoms with E-state index in [-0.39, 0.29) is 5.54 Å². The number of rotatable bonds is 4. The van der Waals surface area contributed by atoms with Gasteiger partial charge in [0.2, 0.25) is 0 Å². The summed E-state index contributed by atoms with van der Waals surface area (Å²) < 4.78 is 0. The van der Waals surface area contributed by atoms with Gasteiger partial charge in [-0.15, -0.1) is 0 Å². The highest BCUT2D eigenvalue weighted by Crippen LogP contribution is 2.33. The highest BCUT2D eigenvalue weighted by Gasteiger charge is 2.30. The van der Waals surface area contributed by atoms with Crippen molar-refractivity contribution < 1.29 is 0 Å². The van der Waals surface area contributed by atoms with E-state index in [1.165, 1.54) is 11.3 Å². The number of fused-ring (bicyclic) bond motifs is 1. The summed E-state index contributed by atoms with van der Waals surface area (Å²) in [5.41, 5.74) is 9.15. The predicted octanol–water partition coefficient (Wildman–Crippen LogP) is 2.96. The Labute approximate surface area is 105 Å². The number of nitrogens with two attached hydrogens (primary N) is 1. The second-order valence-corrected chi connectivity index (χ2v) is 5.71. The van der Waals surface area contributed by atoms with E-state index in [0.29, 0.717) is 6.04 Å². The fraction of sp³-hybridized carbons (Fsp3) is 0.600. The Morgan fingerprint density at radius 2 is 2.12 bits per heavy atom. The van der Waals surface area contributed by atoms with Gasteiger partial charge >= 0.3 is 0 Å². The van der Waals surface area contributed by atoms with Gasteiger partial charge in [0.15, 0.2) is 0 Å². The van der Waals surface area contributed by atoms with Crippen LogP contribution in [0.25, 0.3) is 0 Å². The van der Waals surface area contributed by atoms with Gasteiger partial charge in [-0.1, -0.05) is 31.5 Å². The largest absolute Gasteiger partial charge is 0.366 e. The molecule has 0 fully saturated rings. The number of hydrogen-bond acceptors (Lipinski definition) is 2. The Balaban J connectivity index is 2.17. The number of nitrogens with zero attached hydrogens (tertiary/aromatic N) is 1. The first-order valence-electron chi connectivity index (χ1n) is 6.67. The van der Waals surface area contributed by atoms with Gasteiger partial charge in [-0.05, 0) is 38.3 Å². The molecule has 2 atom stereocenters. The molecule has 1 aliphatic heterocycles. The first-order chi connectivity index (χ1) is 8.03. The number of hydrogen-bond donors (Lipinski definition) is 1. The molecule has 0 spiro atoms. The molecule has 0 aromatic heterocycles. The molecule has 1 aliphatic rings. The monoisotopic (exact) mass is 232 g/mol. The normalized spacial score (nSPS) is 22.4. The maximum atomic E-state index is 6.38. The summed E-state index contributed by atoms with van der Waals surface area (Å²) in [6, 6.07) is 9.29. The molecule has 2 nitrogen and oxygen atoms in total. The lowest BCUT2D eigenvalue weighted by Gasteiger charge is -2.34. The zero-order valence-corrected chi connectivity index (χ0v) is 11.2. The highest BCUT2D eigenvalue weighted by molar-refractivity contribution is 5.59. The zero-order chi connectivity index (χ0) is 12.5. The van der Waals surface area contributed by atoms with E-state index < -0.39 is 0 Å². The number of benzene rings is 1. The SMILES string of the molecule is CCCC(C)(N)CN1c2ccccc2CC1C. The van der Waals surface area contributed by atoms with Crippen LogP contribution in [-0.4, -0.2) is 18.1 Å². The first-order valence-corrected chi connectivity index (χ1v) is 6.67. The smallest absolute Gasteiger partial charge is 0.0402 e. The van der Waals surface area contributed by atoms with Crippen molar-refractivity contribution in [2.24, 2.45) is 5.73 Å². The van der Waals surface area contributed by atoms with E-state index in [4.69, 9.17) is 5.73 Å². The predicted molar refractivity (Wildman–Crippen MR) is 74.5 cm³/mol. The van der Waals surface area contributed by atoms with Gasteiger partial charge in [0.05, 0.1) is 0 Å². The van der Waals surface area contributed by atoms with Crippen molar-refractivity contribution in [2.45, 2.75) is 51.6 Å². The lowest BCUT2D eigenvalue weighted by Crippen LogP contribution is -2.49. The van der Waals surface area contributed by atoms with E-state index in [1.807, 2.05) is 0 Å². The lowest BCUT2D eigenvalue weighted by atomic mass is 9.96. The van der Waals surface area contributed by atoms with Crippen LogP contribution in [0, 0.1) is 0 Å². The zero-order valence-electron chi connectivity index (χ0n) is 11.2. The van der Waals surface area contributed by atoms with Gasteiger partial charge in [0.25, 0.3) is 0 Å². The third-order valence-electron chi connectivity index (χ3n) is 3.70. The molecule has 0 saturated carbocycles. The fourth-order valence-corrected chi connectivity index (χ4v) is 2.91. The van der Waals surface area contributed by atoms with Gasteiger partial charge < -0.3 is 10.6 Å². The molecule has 0 aliphatic carbocycles. The molecular weight excluding hydrogens is 208 g/mol. The van der Waals surface area contributed by atoms with Crippen LogP contribution in [0.15, 0.2) is 24.3 Å². The first kappa shape index (κ1) is 12.4. The molecule has 2 heteroatoms. The van der Waals surface area contributed by atoms with Crippen LogP contribution in [0.1, 0.15) is 39.2 Å². The molecule has 2 rings (SSSR count). The fourth-order valence-electron chi connectivity index (χ4n) is 2.91. The van der Waals surface area contributed by atoms with Crippen molar-refractivity contribution in [3.8, 4) is 0 Å². The van der Waals surface area contributed by atoms with Crippen molar-refractivity contribution in [2.75, 3.05) is 11.4 Å². The molecule has 0 saturated heterocycles. The Morgan fingerprint density at radius 1 is 1.41 bits per heavy atom. The van der Waals surface area contributed by atoms with Crippen molar-refractivity contribution in [1.29, 1.82) is 0 Å². The second-order valence-electron chi connectivity index (χ2n) is 5.71. The van der Waals surface area contributed by atoms with Crippen LogP contribution in [-0.2, 0) is 6.42 Å².